The summed E-state index contributed by atoms with van der Waals surface area (Å²) < 4.78 is 26.6. The number of nitrogens with zero attached hydrogens (tertiary/aromatic N) is 5. The van der Waals surface area contributed by atoms with Crippen LogP contribution >= 0.6 is 12.6 Å². The minimum Gasteiger partial charge on any atom is -0.348 e. The number of hydrogen-bond donors (Lipinski definition) is 2. The van der Waals surface area contributed by atoms with Crippen molar-refractivity contribution in [2.75, 3.05) is 36.8 Å². The van der Waals surface area contributed by atoms with E-state index in [1.54, 1.807) is 30.9 Å². The standard InChI is InChI=1S/C14H20N6O2S2/c21-24(22,11-2-12(23)13-15-5-6-16-13)20-9-7-19(8-10-20)14-17-3-1-4-18-14/h1,3-6,12,23H,2,7-11H2,(H,15,16). The molecule has 0 aliphatic carbocycles. The summed E-state index contributed by atoms with van der Waals surface area (Å²) >= 11 is 4.42. The van der Waals surface area contributed by atoms with Crippen LogP contribution in [0.2, 0.25) is 0 Å². The molecule has 1 atom stereocenters. The summed E-state index contributed by atoms with van der Waals surface area (Å²) in [4.78, 5) is 17.5. The van der Waals surface area contributed by atoms with E-state index in [0.717, 1.165) is 0 Å². The maximum Gasteiger partial charge on any atom is 0.225 e. The Balaban J connectivity index is 1.53. The van der Waals surface area contributed by atoms with Crippen molar-refractivity contribution in [3.8, 4) is 0 Å². The Morgan fingerprint density at radius 3 is 2.46 bits per heavy atom. The van der Waals surface area contributed by atoms with Gasteiger partial charge in [-0.25, -0.2) is 23.4 Å². The average molecular weight is 368 g/mol. The van der Waals surface area contributed by atoms with Gasteiger partial charge in [-0.05, 0) is 12.5 Å². The number of hydrogen-bond acceptors (Lipinski definition) is 7. The topological polar surface area (TPSA) is 95.1 Å². The lowest BCUT2D eigenvalue weighted by atomic mass is 10.3. The van der Waals surface area contributed by atoms with Crippen molar-refractivity contribution in [3.63, 3.8) is 0 Å². The smallest absolute Gasteiger partial charge is 0.225 e. The lowest BCUT2D eigenvalue weighted by molar-refractivity contribution is 0.382. The molecule has 0 aromatic carbocycles. The Hall–Kier alpha value is -1.65. The van der Waals surface area contributed by atoms with Crippen LogP contribution in [0, 0.1) is 0 Å². The van der Waals surface area contributed by atoms with E-state index in [2.05, 4.69) is 32.6 Å². The van der Waals surface area contributed by atoms with E-state index in [9.17, 15) is 8.42 Å². The molecule has 1 aliphatic heterocycles. The third kappa shape index (κ3) is 4.05. The lowest BCUT2D eigenvalue weighted by Gasteiger charge is -2.34. The van der Waals surface area contributed by atoms with Crippen molar-refractivity contribution in [1.82, 2.24) is 24.2 Å². The minimum atomic E-state index is -3.30. The largest absolute Gasteiger partial charge is 0.348 e. The molecule has 2 aromatic rings. The van der Waals surface area contributed by atoms with E-state index < -0.39 is 10.0 Å². The fourth-order valence-corrected chi connectivity index (χ4v) is 4.56. The van der Waals surface area contributed by atoms with Crippen LogP contribution in [-0.2, 0) is 10.0 Å². The number of rotatable bonds is 6. The molecule has 1 saturated heterocycles. The molecule has 3 rings (SSSR count). The Labute approximate surface area is 146 Å². The maximum atomic E-state index is 12.5. The van der Waals surface area contributed by atoms with Crippen LogP contribution in [0.3, 0.4) is 0 Å². The van der Waals surface area contributed by atoms with Gasteiger partial charge in [0.1, 0.15) is 5.82 Å². The molecule has 1 unspecified atom stereocenters. The zero-order valence-electron chi connectivity index (χ0n) is 13.1. The number of sulfonamides is 1. The minimum absolute atomic E-state index is 0.0592. The van der Waals surface area contributed by atoms with Crippen molar-refractivity contribution in [1.29, 1.82) is 0 Å². The van der Waals surface area contributed by atoms with E-state index >= 15 is 0 Å². The first-order chi connectivity index (χ1) is 11.6. The molecule has 24 heavy (non-hydrogen) atoms. The number of nitrogens with one attached hydrogen (secondary N) is 1. The number of thiol groups is 1. The quantitative estimate of drug-likeness (QED) is 0.730. The van der Waals surface area contributed by atoms with Gasteiger partial charge < -0.3 is 9.88 Å². The first kappa shape index (κ1) is 17.2. The predicted octanol–water partition coefficient (Wildman–Crippen LogP) is 0.713. The molecule has 0 saturated carbocycles. The van der Waals surface area contributed by atoms with Crippen molar-refractivity contribution in [2.45, 2.75) is 11.7 Å². The Bertz CT molecular complexity index is 730. The monoisotopic (exact) mass is 368 g/mol. The highest BCUT2D eigenvalue weighted by Gasteiger charge is 2.28. The Morgan fingerprint density at radius 1 is 1.12 bits per heavy atom. The summed E-state index contributed by atoms with van der Waals surface area (Å²) in [5.74, 6) is 1.39. The number of H-pyrrole nitrogens is 1. The van der Waals surface area contributed by atoms with Crippen LogP contribution in [-0.4, -0.2) is 64.6 Å². The Morgan fingerprint density at radius 2 is 1.83 bits per heavy atom. The second kappa shape index (κ2) is 7.49. The lowest BCUT2D eigenvalue weighted by Crippen LogP contribution is -2.49. The molecule has 1 aliphatic rings. The zero-order valence-corrected chi connectivity index (χ0v) is 14.8. The first-order valence-corrected chi connectivity index (χ1v) is 9.86. The van der Waals surface area contributed by atoms with Gasteiger partial charge in [0.2, 0.25) is 16.0 Å². The number of piperazine rings is 1. The second-order valence-corrected chi connectivity index (χ2v) is 8.24. The molecule has 10 heteroatoms. The van der Waals surface area contributed by atoms with Crippen molar-refractivity contribution < 1.29 is 8.42 Å². The normalized spacial score (nSPS) is 17.8. The number of anilines is 1. The van der Waals surface area contributed by atoms with Gasteiger partial charge in [-0.2, -0.15) is 16.9 Å². The SMILES string of the molecule is O=S(=O)(CCC(S)c1ncc[nH]1)N1CCN(c2ncccn2)CC1. The van der Waals surface area contributed by atoms with Gasteiger partial charge in [-0.15, -0.1) is 0 Å². The van der Waals surface area contributed by atoms with Crippen molar-refractivity contribution >= 4 is 28.6 Å². The third-order valence-electron chi connectivity index (χ3n) is 3.95. The van der Waals surface area contributed by atoms with Gasteiger partial charge in [0.15, 0.2) is 0 Å². The molecular weight excluding hydrogens is 348 g/mol. The number of imidazole rings is 1. The van der Waals surface area contributed by atoms with Crippen LogP contribution in [0.4, 0.5) is 5.95 Å². The fourth-order valence-electron chi connectivity index (χ4n) is 2.61. The molecule has 3 heterocycles. The predicted molar refractivity (Wildman–Crippen MR) is 94.5 cm³/mol. The van der Waals surface area contributed by atoms with Gasteiger partial charge in [0.25, 0.3) is 0 Å². The summed E-state index contributed by atoms with van der Waals surface area (Å²) in [6.45, 7) is 2.06. The van der Waals surface area contributed by atoms with Gasteiger partial charge >= 0.3 is 0 Å². The van der Waals surface area contributed by atoms with Crippen LogP contribution in [0.5, 0.6) is 0 Å². The van der Waals surface area contributed by atoms with E-state index in [-0.39, 0.29) is 11.0 Å². The molecule has 0 amide bonds. The summed E-state index contributed by atoms with van der Waals surface area (Å²) in [6, 6.07) is 1.76. The molecular formula is C14H20N6O2S2. The van der Waals surface area contributed by atoms with E-state index in [1.807, 2.05) is 4.90 Å². The molecule has 2 aromatic heterocycles. The highest BCUT2D eigenvalue weighted by atomic mass is 32.2. The van der Waals surface area contributed by atoms with Gasteiger partial charge in [0, 0.05) is 51.0 Å². The molecule has 130 valence electrons. The third-order valence-corrected chi connectivity index (χ3v) is 6.36. The maximum absolute atomic E-state index is 12.5. The summed E-state index contributed by atoms with van der Waals surface area (Å²) in [6.07, 6.45) is 7.14. The molecule has 0 bridgehead atoms. The molecule has 8 nitrogen and oxygen atoms in total. The van der Waals surface area contributed by atoms with Gasteiger partial charge in [-0.3, -0.25) is 0 Å². The number of aromatic nitrogens is 4. The van der Waals surface area contributed by atoms with E-state index in [4.69, 9.17) is 0 Å². The first-order valence-electron chi connectivity index (χ1n) is 7.73. The van der Waals surface area contributed by atoms with Crippen LogP contribution in [0.1, 0.15) is 17.5 Å². The molecule has 1 fully saturated rings. The van der Waals surface area contributed by atoms with Gasteiger partial charge in [-0.1, -0.05) is 0 Å². The highest BCUT2D eigenvalue weighted by Crippen LogP contribution is 2.22. The van der Waals surface area contributed by atoms with Crippen LogP contribution in [0.15, 0.2) is 30.9 Å². The molecule has 1 N–H and O–H groups in total. The van der Waals surface area contributed by atoms with Crippen LogP contribution in [0.25, 0.3) is 0 Å². The van der Waals surface area contributed by atoms with Crippen molar-refractivity contribution in [2.24, 2.45) is 0 Å². The second-order valence-electron chi connectivity index (χ2n) is 5.53. The average Bonchev–Trinajstić information content (AvgIpc) is 3.15. The summed E-state index contributed by atoms with van der Waals surface area (Å²) in [5, 5.41) is -0.214. The van der Waals surface area contributed by atoms with Crippen molar-refractivity contribution in [3.05, 3.63) is 36.7 Å². The molecule has 0 spiro atoms. The van der Waals surface area contributed by atoms with Crippen LogP contribution < -0.4 is 4.90 Å². The van der Waals surface area contributed by atoms with Gasteiger partial charge in [0.05, 0.1) is 11.0 Å². The highest BCUT2D eigenvalue weighted by molar-refractivity contribution is 7.89. The molecule has 0 radical (unpaired) electrons. The zero-order chi connectivity index (χ0) is 17.0. The number of aromatic amines is 1. The summed E-state index contributed by atoms with van der Waals surface area (Å²) in [7, 11) is -3.30. The summed E-state index contributed by atoms with van der Waals surface area (Å²) in [5.41, 5.74) is 0. The Kier molecular flexibility index (Phi) is 5.36. The van der Waals surface area contributed by atoms with E-state index in [0.29, 0.717) is 44.4 Å². The van der Waals surface area contributed by atoms with E-state index in [1.165, 1.54) is 4.31 Å². The fraction of sp³-hybridized carbons (Fsp3) is 0.500.